The largest absolute Gasteiger partial charge is 0.279 e. The third kappa shape index (κ3) is 2.93. The summed E-state index contributed by atoms with van der Waals surface area (Å²) in [4.78, 5) is 18.3. The van der Waals surface area contributed by atoms with Gasteiger partial charge in [0.2, 0.25) is 0 Å². The zero-order valence-corrected chi connectivity index (χ0v) is 15.9. The van der Waals surface area contributed by atoms with Crippen molar-refractivity contribution in [1.82, 2.24) is 14.8 Å². The Morgan fingerprint density at radius 3 is 2.30 bits per heavy atom. The minimum Gasteiger partial charge on any atom is -0.267 e. The van der Waals surface area contributed by atoms with Gasteiger partial charge in [-0.3, -0.25) is 4.79 Å². The van der Waals surface area contributed by atoms with Crippen LogP contribution in [0.4, 0.5) is 0 Å². The predicted molar refractivity (Wildman–Crippen MR) is 108 cm³/mol. The standard InChI is InChI=1S/C23H21N3O/c1-14-9-11-18(12-10-14)22-17(4)21(19-7-5-6-8-20(19)24-22)23(27)26-16(3)13-15(2)25-26/h5-13H,1-4H3. The highest BCUT2D eigenvalue weighted by atomic mass is 16.2. The van der Waals surface area contributed by atoms with Crippen LogP contribution in [0.25, 0.3) is 22.2 Å². The maximum atomic E-state index is 13.4. The first-order valence-corrected chi connectivity index (χ1v) is 9.00. The number of carbonyl (C=O) groups excluding carboxylic acids is 1. The van der Waals surface area contributed by atoms with Gasteiger partial charge in [-0.05, 0) is 45.4 Å². The average molecular weight is 355 g/mol. The second-order valence-electron chi connectivity index (χ2n) is 6.99. The van der Waals surface area contributed by atoms with E-state index in [9.17, 15) is 4.79 Å². The molecule has 0 aliphatic rings. The molecule has 0 fully saturated rings. The van der Waals surface area contributed by atoms with E-state index in [1.165, 1.54) is 10.2 Å². The highest BCUT2D eigenvalue weighted by molar-refractivity contribution is 6.09. The summed E-state index contributed by atoms with van der Waals surface area (Å²) < 4.78 is 1.49. The third-order valence-corrected chi connectivity index (χ3v) is 4.88. The lowest BCUT2D eigenvalue weighted by Crippen LogP contribution is -2.18. The van der Waals surface area contributed by atoms with E-state index in [0.717, 1.165) is 39.1 Å². The Kier molecular flexibility index (Phi) is 4.11. The number of para-hydroxylation sites is 1. The lowest BCUT2D eigenvalue weighted by atomic mass is 9.97. The van der Waals surface area contributed by atoms with E-state index in [4.69, 9.17) is 4.98 Å². The molecule has 0 atom stereocenters. The van der Waals surface area contributed by atoms with Gasteiger partial charge in [0.1, 0.15) is 0 Å². The Bertz CT molecular complexity index is 1170. The van der Waals surface area contributed by atoms with Gasteiger partial charge in [-0.25, -0.2) is 9.67 Å². The van der Waals surface area contributed by atoms with Crippen LogP contribution in [0.1, 0.15) is 32.9 Å². The molecule has 0 saturated carbocycles. The minimum atomic E-state index is -0.120. The molecule has 0 saturated heterocycles. The zero-order valence-electron chi connectivity index (χ0n) is 15.9. The molecule has 2 aromatic carbocycles. The lowest BCUT2D eigenvalue weighted by Gasteiger charge is -2.14. The van der Waals surface area contributed by atoms with Gasteiger partial charge in [0.15, 0.2) is 0 Å². The molecule has 0 amide bonds. The van der Waals surface area contributed by atoms with Crippen LogP contribution in [-0.4, -0.2) is 20.7 Å². The summed E-state index contributed by atoms with van der Waals surface area (Å²) in [5.74, 6) is -0.120. The first kappa shape index (κ1) is 17.2. The molecule has 4 aromatic rings. The molecule has 0 spiro atoms. The number of fused-ring (bicyclic) bond motifs is 1. The molecule has 2 heterocycles. The number of pyridine rings is 1. The van der Waals surface area contributed by atoms with Crippen molar-refractivity contribution >= 4 is 16.8 Å². The molecule has 0 N–H and O–H groups in total. The molecule has 0 aliphatic carbocycles. The van der Waals surface area contributed by atoms with Gasteiger partial charge in [0.05, 0.1) is 22.5 Å². The number of hydrogen-bond donors (Lipinski definition) is 0. The van der Waals surface area contributed by atoms with E-state index in [2.05, 4.69) is 36.3 Å². The van der Waals surface area contributed by atoms with Crippen LogP contribution in [-0.2, 0) is 0 Å². The molecular weight excluding hydrogens is 334 g/mol. The Hall–Kier alpha value is -3.27. The second kappa shape index (κ2) is 6.47. The molecule has 27 heavy (non-hydrogen) atoms. The van der Waals surface area contributed by atoms with Crippen molar-refractivity contribution in [3.05, 3.63) is 82.7 Å². The molecule has 4 heteroatoms. The SMILES string of the molecule is Cc1ccc(-c2nc3ccccc3c(C(=O)n3nc(C)cc3C)c2C)cc1. The topological polar surface area (TPSA) is 47.8 Å². The molecule has 134 valence electrons. The Labute approximate surface area is 158 Å². The minimum absolute atomic E-state index is 0.120. The van der Waals surface area contributed by atoms with E-state index in [1.54, 1.807) is 0 Å². The molecule has 2 aromatic heterocycles. The van der Waals surface area contributed by atoms with Gasteiger partial charge >= 0.3 is 0 Å². The maximum Gasteiger partial charge on any atom is 0.279 e. The number of rotatable bonds is 2. The summed E-state index contributed by atoms with van der Waals surface area (Å²) in [6.45, 7) is 7.82. The highest BCUT2D eigenvalue weighted by Gasteiger charge is 2.21. The first-order valence-electron chi connectivity index (χ1n) is 9.00. The number of nitrogens with zero attached hydrogens (tertiary/aromatic N) is 3. The fraction of sp³-hybridized carbons (Fsp3) is 0.174. The van der Waals surface area contributed by atoms with Gasteiger partial charge in [-0.2, -0.15) is 5.10 Å². The second-order valence-corrected chi connectivity index (χ2v) is 6.99. The lowest BCUT2D eigenvalue weighted by molar-refractivity contribution is 0.0943. The van der Waals surface area contributed by atoms with E-state index < -0.39 is 0 Å². The van der Waals surface area contributed by atoms with Crippen molar-refractivity contribution in [2.75, 3.05) is 0 Å². The maximum absolute atomic E-state index is 13.4. The molecule has 0 radical (unpaired) electrons. The zero-order chi connectivity index (χ0) is 19.1. The smallest absolute Gasteiger partial charge is 0.267 e. The molecule has 0 unspecified atom stereocenters. The summed E-state index contributed by atoms with van der Waals surface area (Å²) in [6.07, 6.45) is 0. The number of aryl methyl sites for hydroxylation is 3. The third-order valence-electron chi connectivity index (χ3n) is 4.88. The van der Waals surface area contributed by atoms with Crippen LogP contribution < -0.4 is 0 Å². The first-order chi connectivity index (χ1) is 13.0. The van der Waals surface area contributed by atoms with Crippen molar-refractivity contribution < 1.29 is 4.79 Å². The molecule has 0 bridgehead atoms. The van der Waals surface area contributed by atoms with Gasteiger partial charge in [-0.1, -0.05) is 48.0 Å². The van der Waals surface area contributed by atoms with Gasteiger partial charge in [0, 0.05) is 16.6 Å². The Morgan fingerprint density at radius 1 is 0.926 bits per heavy atom. The highest BCUT2D eigenvalue weighted by Crippen LogP contribution is 2.30. The fourth-order valence-electron chi connectivity index (χ4n) is 3.52. The number of aromatic nitrogens is 3. The average Bonchev–Trinajstić information content (AvgIpc) is 3.00. The van der Waals surface area contributed by atoms with Crippen LogP contribution in [0.2, 0.25) is 0 Å². The summed E-state index contributed by atoms with van der Waals surface area (Å²) in [5, 5.41) is 5.25. The molecular formula is C23H21N3O. The van der Waals surface area contributed by atoms with Crippen molar-refractivity contribution in [3.63, 3.8) is 0 Å². The van der Waals surface area contributed by atoms with Crippen LogP contribution in [0, 0.1) is 27.7 Å². The molecule has 4 nitrogen and oxygen atoms in total. The summed E-state index contributed by atoms with van der Waals surface area (Å²) in [7, 11) is 0. The summed E-state index contributed by atoms with van der Waals surface area (Å²) in [5.41, 5.74) is 7.02. The van der Waals surface area contributed by atoms with Crippen molar-refractivity contribution in [3.8, 4) is 11.3 Å². The summed E-state index contributed by atoms with van der Waals surface area (Å²) in [6, 6.07) is 17.9. The fourth-order valence-corrected chi connectivity index (χ4v) is 3.52. The number of benzene rings is 2. The van der Waals surface area contributed by atoms with E-state index in [-0.39, 0.29) is 5.91 Å². The van der Waals surface area contributed by atoms with Gasteiger partial charge in [0.25, 0.3) is 5.91 Å². The molecule has 0 aliphatic heterocycles. The number of carbonyl (C=O) groups is 1. The number of hydrogen-bond acceptors (Lipinski definition) is 3. The normalized spacial score (nSPS) is 11.1. The predicted octanol–water partition coefficient (Wildman–Crippen LogP) is 5.02. The van der Waals surface area contributed by atoms with Crippen LogP contribution in [0.5, 0.6) is 0 Å². The van der Waals surface area contributed by atoms with Crippen LogP contribution in [0.3, 0.4) is 0 Å². The molecule has 4 rings (SSSR count). The quantitative estimate of drug-likeness (QED) is 0.507. The Morgan fingerprint density at radius 2 is 1.63 bits per heavy atom. The van der Waals surface area contributed by atoms with E-state index in [0.29, 0.717) is 5.56 Å². The Balaban J connectivity index is 2.01. The van der Waals surface area contributed by atoms with Crippen molar-refractivity contribution in [2.24, 2.45) is 0 Å². The summed E-state index contributed by atoms with van der Waals surface area (Å²) >= 11 is 0. The van der Waals surface area contributed by atoms with Crippen LogP contribution in [0.15, 0.2) is 54.6 Å². The van der Waals surface area contributed by atoms with E-state index >= 15 is 0 Å². The monoisotopic (exact) mass is 355 g/mol. The van der Waals surface area contributed by atoms with Crippen molar-refractivity contribution in [2.45, 2.75) is 27.7 Å². The van der Waals surface area contributed by atoms with Gasteiger partial charge < -0.3 is 0 Å². The van der Waals surface area contributed by atoms with Crippen LogP contribution >= 0.6 is 0 Å². The van der Waals surface area contributed by atoms with Gasteiger partial charge in [-0.15, -0.1) is 0 Å². The van der Waals surface area contributed by atoms with Crippen molar-refractivity contribution in [1.29, 1.82) is 0 Å². The van der Waals surface area contributed by atoms with E-state index in [1.807, 2.05) is 51.1 Å².